The summed E-state index contributed by atoms with van der Waals surface area (Å²) < 4.78 is 11.3. The zero-order chi connectivity index (χ0) is 18.2. The average molecular weight is 407 g/mol. The maximum atomic E-state index is 13.1. The number of fused-ring (bicyclic) bond motifs is 1. The second-order valence-corrected chi connectivity index (χ2v) is 6.02. The number of esters is 1. The maximum Gasteiger partial charge on any atom is 0.371 e. The van der Waals surface area contributed by atoms with E-state index in [0.29, 0.717) is 4.47 Å². The number of ether oxygens (including phenoxy) is 2. The van der Waals surface area contributed by atoms with Crippen LogP contribution >= 0.6 is 15.9 Å². The van der Waals surface area contributed by atoms with Gasteiger partial charge in [0.25, 0.3) is 0 Å². The van der Waals surface area contributed by atoms with E-state index in [1.807, 2.05) is 0 Å². The van der Waals surface area contributed by atoms with Gasteiger partial charge in [0.05, 0.1) is 12.2 Å². The van der Waals surface area contributed by atoms with Crippen LogP contribution in [-0.2, 0) is 15.1 Å². The zero-order valence-corrected chi connectivity index (χ0v) is 14.5. The number of pyridine rings is 1. The van der Waals surface area contributed by atoms with Crippen LogP contribution in [0.2, 0.25) is 0 Å². The van der Waals surface area contributed by atoms with E-state index in [0.717, 1.165) is 0 Å². The Morgan fingerprint density at radius 1 is 1.44 bits per heavy atom. The largest absolute Gasteiger partial charge is 0.462 e. The molecule has 0 saturated heterocycles. The number of carbonyl (C=O) groups excluding carboxylic acids is 2. The van der Waals surface area contributed by atoms with Crippen molar-refractivity contribution >= 4 is 33.5 Å². The number of benzene rings is 1. The summed E-state index contributed by atoms with van der Waals surface area (Å²) in [5, 5.41) is 11.4. The lowest BCUT2D eigenvalue weighted by atomic mass is 9.88. The first-order valence-electron chi connectivity index (χ1n) is 7.22. The van der Waals surface area contributed by atoms with Crippen LogP contribution < -0.4 is 4.74 Å². The quantitative estimate of drug-likeness (QED) is 0.332. The Morgan fingerprint density at radius 3 is 2.88 bits per heavy atom. The van der Waals surface area contributed by atoms with Gasteiger partial charge in [0.2, 0.25) is 5.78 Å². The molecule has 25 heavy (non-hydrogen) atoms. The summed E-state index contributed by atoms with van der Waals surface area (Å²) in [7, 11) is 0. The van der Waals surface area contributed by atoms with Crippen molar-refractivity contribution in [1.82, 2.24) is 4.98 Å². The number of nitro groups is 1. The van der Waals surface area contributed by atoms with Crippen LogP contribution in [0.1, 0.15) is 22.8 Å². The number of hydrogen-bond donors (Lipinski definition) is 0. The highest BCUT2D eigenvalue weighted by molar-refractivity contribution is 9.10. The van der Waals surface area contributed by atoms with Crippen molar-refractivity contribution in [3.8, 4) is 5.75 Å². The van der Waals surface area contributed by atoms with Crippen molar-refractivity contribution in [3.63, 3.8) is 0 Å². The second kappa shape index (κ2) is 6.25. The van der Waals surface area contributed by atoms with Gasteiger partial charge in [-0.3, -0.25) is 4.79 Å². The third-order valence-corrected chi connectivity index (χ3v) is 4.16. The van der Waals surface area contributed by atoms with Gasteiger partial charge in [0, 0.05) is 4.47 Å². The molecule has 0 amide bonds. The topological polar surface area (TPSA) is 109 Å². The van der Waals surface area contributed by atoms with Crippen LogP contribution in [0.5, 0.6) is 5.75 Å². The van der Waals surface area contributed by atoms with Crippen LogP contribution in [-0.4, -0.2) is 28.3 Å². The van der Waals surface area contributed by atoms with E-state index in [2.05, 4.69) is 20.9 Å². The molecule has 2 heterocycles. The van der Waals surface area contributed by atoms with E-state index in [1.165, 1.54) is 30.5 Å². The fraction of sp³-hybridized carbons (Fsp3) is 0.188. The SMILES string of the molecule is CCOC(=O)C1(c2cccnc2[N+](=O)[O-])Oc2ccc(Br)cc2C1=O. The maximum absolute atomic E-state index is 13.1. The molecule has 1 atom stereocenters. The molecule has 3 rings (SSSR count). The van der Waals surface area contributed by atoms with Crippen LogP contribution in [0.4, 0.5) is 5.82 Å². The van der Waals surface area contributed by atoms with E-state index >= 15 is 0 Å². The summed E-state index contributed by atoms with van der Waals surface area (Å²) in [5.74, 6) is -2.27. The first kappa shape index (κ1) is 17.0. The fourth-order valence-electron chi connectivity index (χ4n) is 2.64. The smallest absolute Gasteiger partial charge is 0.371 e. The van der Waals surface area contributed by atoms with Crippen LogP contribution in [0, 0.1) is 10.1 Å². The lowest BCUT2D eigenvalue weighted by Crippen LogP contribution is -2.47. The van der Waals surface area contributed by atoms with E-state index in [4.69, 9.17) is 9.47 Å². The number of aromatic nitrogens is 1. The molecule has 9 heteroatoms. The predicted octanol–water partition coefficient (Wildman–Crippen LogP) is 2.79. The molecule has 2 aromatic rings. The molecule has 0 aliphatic carbocycles. The Morgan fingerprint density at radius 2 is 2.20 bits per heavy atom. The van der Waals surface area contributed by atoms with E-state index in [-0.39, 0.29) is 23.5 Å². The average Bonchev–Trinajstić information content (AvgIpc) is 2.88. The van der Waals surface area contributed by atoms with Gasteiger partial charge >= 0.3 is 17.4 Å². The molecule has 1 aliphatic heterocycles. The first-order valence-corrected chi connectivity index (χ1v) is 8.01. The summed E-state index contributed by atoms with van der Waals surface area (Å²) >= 11 is 3.25. The summed E-state index contributed by atoms with van der Waals surface area (Å²) in [6.07, 6.45) is 1.20. The number of rotatable bonds is 4. The van der Waals surface area contributed by atoms with Gasteiger partial charge in [0.15, 0.2) is 0 Å². The predicted molar refractivity (Wildman–Crippen MR) is 88.3 cm³/mol. The summed E-state index contributed by atoms with van der Waals surface area (Å²) in [4.78, 5) is 40.0. The Balaban J connectivity index is 2.27. The Labute approximate surface area is 150 Å². The minimum atomic E-state index is -2.30. The molecule has 0 saturated carbocycles. The standard InChI is InChI=1S/C16H11BrN2O6/c1-2-24-15(21)16(11-4-3-7-18-14(11)19(22)23)13(20)10-8-9(17)5-6-12(10)25-16/h3-8H,2H2,1H3. The Kier molecular flexibility index (Phi) is 4.25. The van der Waals surface area contributed by atoms with Gasteiger partial charge < -0.3 is 19.6 Å². The summed E-state index contributed by atoms with van der Waals surface area (Å²) in [6.45, 7) is 1.54. The van der Waals surface area contributed by atoms with Crippen molar-refractivity contribution in [3.05, 3.63) is 62.2 Å². The van der Waals surface area contributed by atoms with Gasteiger partial charge in [-0.05, 0) is 47.2 Å². The highest BCUT2D eigenvalue weighted by atomic mass is 79.9. The van der Waals surface area contributed by atoms with Crippen molar-refractivity contribution in [2.75, 3.05) is 6.61 Å². The number of ketones is 1. The number of hydrogen-bond acceptors (Lipinski definition) is 7. The van der Waals surface area contributed by atoms with E-state index in [9.17, 15) is 19.7 Å². The number of carbonyl (C=O) groups is 2. The minimum Gasteiger partial charge on any atom is -0.462 e. The van der Waals surface area contributed by atoms with Crippen LogP contribution in [0.25, 0.3) is 0 Å². The molecule has 8 nitrogen and oxygen atoms in total. The van der Waals surface area contributed by atoms with E-state index < -0.39 is 28.1 Å². The second-order valence-electron chi connectivity index (χ2n) is 5.11. The summed E-state index contributed by atoms with van der Waals surface area (Å²) in [5.41, 5.74) is -2.44. The monoisotopic (exact) mass is 406 g/mol. The van der Waals surface area contributed by atoms with Crippen LogP contribution in [0.15, 0.2) is 41.0 Å². The van der Waals surface area contributed by atoms with Crippen molar-refractivity contribution < 1.29 is 24.0 Å². The Bertz CT molecular complexity index is 900. The molecule has 128 valence electrons. The highest BCUT2D eigenvalue weighted by Gasteiger charge is 2.60. The third-order valence-electron chi connectivity index (χ3n) is 3.67. The molecule has 1 aromatic carbocycles. The zero-order valence-electron chi connectivity index (χ0n) is 12.9. The van der Waals surface area contributed by atoms with Gasteiger partial charge in [-0.15, -0.1) is 0 Å². The molecule has 0 N–H and O–H groups in total. The van der Waals surface area contributed by atoms with Gasteiger partial charge in [0.1, 0.15) is 17.5 Å². The normalized spacial score (nSPS) is 18.4. The lowest BCUT2D eigenvalue weighted by Gasteiger charge is -2.24. The highest BCUT2D eigenvalue weighted by Crippen LogP contribution is 2.45. The molecule has 1 aromatic heterocycles. The van der Waals surface area contributed by atoms with Crippen molar-refractivity contribution in [1.29, 1.82) is 0 Å². The lowest BCUT2D eigenvalue weighted by molar-refractivity contribution is -0.391. The van der Waals surface area contributed by atoms with Crippen LogP contribution in [0.3, 0.4) is 0 Å². The number of Topliss-reactive ketones (excluding diaryl/α,β-unsaturated/α-hetero) is 1. The molecule has 0 bridgehead atoms. The molecule has 0 spiro atoms. The third kappa shape index (κ3) is 2.56. The minimum absolute atomic E-state index is 0.0225. The number of halogens is 1. The molecule has 0 fully saturated rings. The van der Waals surface area contributed by atoms with Gasteiger partial charge in [-0.25, -0.2) is 4.79 Å². The first-order chi connectivity index (χ1) is 11.9. The van der Waals surface area contributed by atoms with Gasteiger partial charge in [-0.1, -0.05) is 15.9 Å². The molecule has 1 unspecified atom stereocenters. The van der Waals surface area contributed by atoms with Crippen molar-refractivity contribution in [2.45, 2.75) is 12.5 Å². The molecular weight excluding hydrogens is 396 g/mol. The van der Waals surface area contributed by atoms with Gasteiger partial charge in [-0.2, -0.15) is 0 Å². The summed E-state index contributed by atoms with van der Waals surface area (Å²) in [6, 6.07) is 7.27. The van der Waals surface area contributed by atoms with E-state index in [1.54, 1.807) is 13.0 Å². The number of nitrogens with zero attached hydrogens (tertiary/aromatic N) is 2. The molecule has 0 radical (unpaired) electrons. The van der Waals surface area contributed by atoms with Crippen molar-refractivity contribution in [2.24, 2.45) is 0 Å². The fourth-order valence-corrected chi connectivity index (χ4v) is 3.00. The molecule has 1 aliphatic rings. The molecular formula is C16H11BrN2O6. The Hall–Kier alpha value is -2.81.